The Kier molecular flexibility index (Phi) is 4.22. The molecule has 2 aromatic heterocycles. The molecule has 6 nitrogen and oxygen atoms in total. The summed E-state index contributed by atoms with van der Waals surface area (Å²) in [6, 6.07) is 19.0. The molecule has 1 N–H and O–H groups in total. The van der Waals surface area contributed by atoms with Crippen molar-refractivity contribution >= 4 is 23.0 Å². The first-order valence-electron chi connectivity index (χ1n) is 8.07. The third-order valence-corrected chi connectivity index (χ3v) is 3.91. The highest BCUT2D eigenvalue weighted by Gasteiger charge is 2.06. The summed E-state index contributed by atoms with van der Waals surface area (Å²) >= 11 is 0. The molecule has 4 rings (SSSR count). The molecule has 0 spiro atoms. The number of aromatic nitrogens is 3. The van der Waals surface area contributed by atoms with Crippen molar-refractivity contribution in [2.75, 3.05) is 0 Å². The fraction of sp³-hybridized carbons (Fsp3) is 0. The van der Waals surface area contributed by atoms with Gasteiger partial charge in [-0.15, -0.1) is 0 Å². The highest BCUT2D eigenvalue weighted by molar-refractivity contribution is 5.95. The lowest BCUT2D eigenvalue weighted by Gasteiger charge is -2.03. The molecule has 0 bridgehead atoms. The van der Waals surface area contributed by atoms with Crippen LogP contribution in [0.2, 0.25) is 0 Å². The molecular weight excluding hydrogens is 326 g/mol. The van der Waals surface area contributed by atoms with Crippen LogP contribution in [-0.4, -0.2) is 26.7 Å². The fourth-order valence-electron chi connectivity index (χ4n) is 2.56. The molecule has 2 aromatic carbocycles. The maximum Gasteiger partial charge on any atom is 0.289 e. The number of amides is 1. The smallest absolute Gasteiger partial charge is 0.289 e. The van der Waals surface area contributed by atoms with Crippen LogP contribution in [-0.2, 0) is 0 Å². The number of benzene rings is 2. The molecule has 0 aliphatic heterocycles. The van der Waals surface area contributed by atoms with Crippen LogP contribution in [0.15, 0.2) is 84.5 Å². The van der Waals surface area contributed by atoms with Crippen molar-refractivity contribution in [3.63, 3.8) is 0 Å². The van der Waals surface area contributed by atoms with Crippen LogP contribution in [0, 0.1) is 0 Å². The number of pyridine rings is 1. The minimum atomic E-state index is -0.345. The highest BCUT2D eigenvalue weighted by atomic mass is 16.2. The lowest BCUT2D eigenvalue weighted by molar-refractivity contribution is 0.0950. The Hall–Kier alpha value is -3.80. The third-order valence-electron chi connectivity index (χ3n) is 3.91. The molecule has 0 aliphatic carbocycles. The average Bonchev–Trinajstić information content (AvgIpc) is 3.23. The molecule has 2 heterocycles. The highest BCUT2D eigenvalue weighted by Crippen LogP contribution is 2.12. The van der Waals surface area contributed by atoms with Crippen LogP contribution in [0.1, 0.15) is 16.1 Å². The van der Waals surface area contributed by atoms with Crippen molar-refractivity contribution in [2.24, 2.45) is 5.10 Å². The van der Waals surface area contributed by atoms with E-state index in [-0.39, 0.29) is 5.91 Å². The van der Waals surface area contributed by atoms with Crippen LogP contribution >= 0.6 is 0 Å². The number of para-hydroxylation sites is 1. The first-order valence-corrected chi connectivity index (χ1v) is 8.07. The summed E-state index contributed by atoms with van der Waals surface area (Å²) < 4.78 is 1.91. The molecule has 1 amide bonds. The van der Waals surface area contributed by atoms with Gasteiger partial charge in [0.05, 0.1) is 18.1 Å². The number of carbonyl (C=O) groups is 1. The van der Waals surface area contributed by atoms with Gasteiger partial charge in [-0.1, -0.05) is 36.4 Å². The zero-order valence-corrected chi connectivity index (χ0v) is 13.8. The largest absolute Gasteiger partial charge is 0.306 e. The van der Waals surface area contributed by atoms with Gasteiger partial charge in [-0.05, 0) is 29.8 Å². The van der Waals surface area contributed by atoms with E-state index >= 15 is 0 Å². The van der Waals surface area contributed by atoms with E-state index in [0.717, 1.165) is 22.2 Å². The maximum absolute atomic E-state index is 12.2. The third kappa shape index (κ3) is 3.34. The monoisotopic (exact) mass is 341 g/mol. The Morgan fingerprint density at radius 1 is 1.04 bits per heavy atom. The summed E-state index contributed by atoms with van der Waals surface area (Å²) in [5.41, 5.74) is 5.49. The van der Waals surface area contributed by atoms with Crippen molar-refractivity contribution in [2.45, 2.75) is 0 Å². The van der Waals surface area contributed by atoms with Gasteiger partial charge in [-0.25, -0.2) is 15.4 Å². The number of hydrazone groups is 1. The van der Waals surface area contributed by atoms with Crippen molar-refractivity contribution < 1.29 is 4.79 Å². The van der Waals surface area contributed by atoms with Gasteiger partial charge in [0.2, 0.25) is 0 Å². The molecule has 0 saturated heterocycles. The van der Waals surface area contributed by atoms with Gasteiger partial charge in [-0.2, -0.15) is 5.10 Å². The predicted molar refractivity (Wildman–Crippen MR) is 100 cm³/mol. The summed E-state index contributed by atoms with van der Waals surface area (Å²) in [5, 5.41) is 5.00. The second-order valence-corrected chi connectivity index (χ2v) is 5.65. The molecule has 0 saturated carbocycles. The first-order chi connectivity index (χ1) is 12.8. The van der Waals surface area contributed by atoms with E-state index in [2.05, 4.69) is 20.5 Å². The molecule has 126 valence electrons. The minimum absolute atomic E-state index is 0.330. The van der Waals surface area contributed by atoms with E-state index in [0.29, 0.717) is 5.69 Å². The Morgan fingerprint density at radius 3 is 2.69 bits per heavy atom. The summed E-state index contributed by atoms with van der Waals surface area (Å²) in [5.74, 6) is -0.345. The number of rotatable bonds is 4. The van der Waals surface area contributed by atoms with E-state index < -0.39 is 0 Å². The summed E-state index contributed by atoms with van der Waals surface area (Å²) in [7, 11) is 0. The molecule has 6 heteroatoms. The van der Waals surface area contributed by atoms with Gasteiger partial charge in [0.25, 0.3) is 5.91 Å². The number of hydrogen-bond acceptors (Lipinski definition) is 4. The summed E-state index contributed by atoms with van der Waals surface area (Å²) in [6.45, 7) is 0. The lowest BCUT2D eigenvalue weighted by Crippen LogP contribution is -2.18. The second-order valence-electron chi connectivity index (χ2n) is 5.65. The molecule has 0 unspecified atom stereocenters. The van der Waals surface area contributed by atoms with Gasteiger partial charge in [-0.3, -0.25) is 4.79 Å². The summed E-state index contributed by atoms with van der Waals surface area (Å²) in [4.78, 5) is 20.6. The van der Waals surface area contributed by atoms with Crippen LogP contribution in [0.5, 0.6) is 0 Å². The number of carbonyl (C=O) groups excluding carboxylic acids is 1. The molecule has 4 aromatic rings. The lowest BCUT2D eigenvalue weighted by atomic mass is 10.2. The molecule has 26 heavy (non-hydrogen) atoms. The average molecular weight is 341 g/mol. The fourth-order valence-corrected chi connectivity index (χ4v) is 2.56. The standard InChI is InChI=1S/C20H15N5O/c26-20(19-10-7-16-3-1-2-4-18(16)23-19)24-22-13-15-5-8-17(9-6-15)25-12-11-21-14-25/h1-14H,(H,24,26)/b22-13+. The Morgan fingerprint density at radius 2 is 1.88 bits per heavy atom. The predicted octanol–water partition coefficient (Wildman–Crippen LogP) is 3.18. The second kappa shape index (κ2) is 6.98. The number of imidazole rings is 1. The van der Waals surface area contributed by atoms with Gasteiger partial charge < -0.3 is 4.57 Å². The van der Waals surface area contributed by atoms with Gasteiger partial charge in [0.1, 0.15) is 5.69 Å². The molecular formula is C20H15N5O. The first kappa shape index (κ1) is 15.7. The topological polar surface area (TPSA) is 72.2 Å². The van der Waals surface area contributed by atoms with Crippen molar-refractivity contribution in [3.8, 4) is 5.69 Å². The number of fused-ring (bicyclic) bond motifs is 1. The van der Waals surface area contributed by atoms with Gasteiger partial charge >= 0.3 is 0 Å². The normalized spacial score (nSPS) is 11.1. The van der Waals surface area contributed by atoms with Crippen LogP contribution in [0.3, 0.4) is 0 Å². The Labute approximate surface area is 149 Å². The molecule has 0 aliphatic rings. The van der Waals surface area contributed by atoms with Crippen molar-refractivity contribution in [1.29, 1.82) is 0 Å². The van der Waals surface area contributed by atoms with E-state index in [1.165, 1.54) is 0 Å². The van der Waals surface area contributed by atoms with Crippen molar-refractivity contribution in [3.05, 3.63) is 90.6 Å². The molecule has 0 radical (unpaired) electrons. The minimum Gasteiger partial charge on any atom is -0.306 e. The molecule has 0 fully saturated rings. The van der Waals surface area contributed by atoms with Crippen molar-refractivity contribution in [1.82, 2.24) is 20.0 Å². The van der Waals surface area contributed by atoms with E-state index in [1.807, 2.05) is 65.4 Å². The number of nitrogens with one attached hydrogen (secondary N) is 1. The SMILES string of the molecule is O=C(N/N=C/c1ccc(-n2ccnc2)cc1)c1ccc2ccccc2n1. The van der Waals surface area contributed by atoms with E-state index in [1.54, 1.807) is 24.8 Å². The van der Waals surface area contributed by atoms with Crippen LogP contribution in [0.4, 0.5) is 0 Å². The Balaban J connectivity index is 1.43. The zero-order valence-electron chi connectivity index (χ0n) is 13.8. The number of nitrogens with zero attached hydrogens (tertiary/aromatic N) is 4. The van der Waals surface area contributed by atoms with Crippen LogP contribution in [0.25, 0.3) is 16.6 Å². The van der Waals surface area contributed by atoms with Gasteiger partial charge in [0.15, 0.2) is 0 Å². The Bertz CT molecular complexity index is 1070. The van der Waals surface area contributed by atoms with Gasteiger partial charge in [0, 0.05) is 23.5 Å². The summed E-state index contributed by atoms with van der Waals surface area (Å²) in [6.07, 6.45) is 6.93. The maximum atomic E-state index is 12.2. The molecule has 0 atom stereocenters. The number of hydrogen-bond donors (Lipinski definition) is 1. The van der Waals surface area contributed by atoms with E-state index in [9.17, 15) is 4.79 Å². The van der Waals surface area contributed by atoms with E-state index in [4.69, 9.17) is 0 Å². The quantitative estimate of drug-likeness (QED) is 0.458. The van der Waals surface area contributed by atoms with Crippen LogP contribution < -0.4 is 5.43 Å². The zero-order chi connectivity index (χ0) is 17.8.